The van der Waals surface area contributed by atoms with Gasteiger partial charge < -0.3 is 5.73 Å². The van der Waals surface area contributed by atoms with Crippen molar-refractivity contribution in [1.29, 1.82) is 0 Å². The molecule has 0 bridgehead atoms. The first kappa shape index (κ1) is 13.0. The van der Waals surface area contributed by atoms with Crippen LogP contribution in [0.2, 0.25) is 0 Å². The molecule has 1 aromatic rings. The maximum atomic E-state index is 12.2. The molecule has 0 fully saturated rings. The summed E-state index contributed by atoms with van der Waals surface area (Å²) in [5, 5.41) is -0.848. The smallest absolute Gasteiger partial charge is 0.330 e. The van der Waals surface area contributed by atoms with Gasteiger partial charge in [0.15, 0.2) is 5.01 Å². The quantitative estimate of drug-likeness (QED) is 0.659. The maximum Gasteiger partial charge on any atom is 0.443 e. The van der Waals surface area contributed by atoms with E-state index in [0.29, 0.717) is 29.2 Å². The number of alkyl halides is 3. The van der Waals surface area contributed by atoms with Crippen molar-refractivity contribution in [3.05, 3.63) is 16.1 Å². The van der Waals surface area contributed by atoms with Gasteiger partial charge in [-0.1, -0.05) is 11.8 Å². The number of rotatable bonds is 3. The fourth-order valence-corrected chi connectivity index (χ4v) is 1.63. The third kappa shape index (κ3) is 4.21. The van der Waals surface area contributed by atoms with E-state index in [9.17, 15) is 13.2 Å². The number of hydrogen-bond acceptors (Lipinski definition) is 3. The molecular weight excluding hydrogens is 237 g/mol. The Hall–Kier alpha value is -1.06. The summed E-state index contributed by atoms with van der Waals surface area (Å²) < 4.78 is 36.5. The highest BCUT2D eigenvalue weighted by Gasteiger charge is 2.34. The van der Waals surface area contributed by atoms with Crippen molar-refractivity contribution in [1.82, 2.24) is 4.98 Å². The number of nitrogens with two attached hydrogens (primary N) is 1. The SMILES string of the molecule is NCCCCC#Cc1cnc(C(F)(F)F)s1. The fraction of sp³-hybridized carbons (Fsp3) is 0.500. The molecule has 2 nitrogen and oxygen atoms in total. The molecule has 0 aromatic carbocycles. The van der Waals surface area contributed by atoms with E-state index in [2.05, 4.69) is 16.8 Å². The molecule has 0 spiro atoms. The van der Waals surface area contributed by atoms with E-state index >= 15 is 0 Å². The Bertz CT molecular complexity index is 387. The van der Waals surface area contributed by atoms with Gasteiger partial charge in [-0.3, -0.25) is 0 Å². The van der Waals surface area contributed by atoms with Crippen LogP contribution in [0.4, 0.5) is 13.2 Å². The van der Waals surface area contributed by atoms with Crippen LogP contribution < -0.4 is 5.73 Å². The molecule has 0 aliphatic carbocycles. The van der Waals surface area contributed by atoms with Crippen molar-refractivity contribution < 1.29 is 13.2 Å². The average Bonchev–Trinajstić information content (AvgIpc) is 2.65. The van der Waals surface area contributed by atoms with Gasteiger partial charge in [0.25, 0.3) is 0 Å². The first-order valence-corrected chi connectivity index (χ1v) is 5.57. The van der Waals surface area contributed by atoms with Crippen molar-refractivity contribution in [3.63, 3.8) is 0 Å². The predicted molar refractivity (Wildman–Crippen MR) is 56.9 cm³/mol. The second-order valence-electron chi connectivity index (χ2n) is 3.07. The Balaban J connectivity index is 2.52. The number of halogens is 3. The van der Waals surface area contributed by atoms with Gasteiger partial charge in [-0.05, 0) is 19.4 Å². The zero-order valence-corrected chi connectivity index (χ0v) is 9.29. The molecule has 0 saturated carbocycles. The maximum absolute atomic E-state index is 12.2. The topological polar surface area (TPSA) is 38.9 Å². The molecule has 16 heavy (non-hydrogen) atoms. The van der Waals surface area contributed by atoms with Crippen LogP contribution in [-0.4, -0.2) is 11.5 Å². The summed E-state index contributed by atoms with van der Waals surface area (Å²) in [5.74, 6) is 5.46. The first-order valence-electron chi connectivity index (χ1n) is 4.76. The second kappa shape index (κ2) is 5.87. The number of hydrogen-bond donors (Lipinski definition) is 1. The first-order chi connectivity index (χ1) is 7.54. The Labute approximate surface area is 95.7 Å². The largest absolute Gasteiger partial charge is 0.443 e. The highest BCUT2D eigenvalue weighted by Crippen LogP contribution is 2.31. The van der Waals surface area contributed by atoms with E-state index in [1.54, 1.807) is 0 Å². The van der Waals surface area contributed by atoms with Gasteiger partial charge in [-0.2, -0.15) is 13.2 Å². The van der Waals surface area contributed by atoms with Gasteiger partial charge in [0.1, 0.15) is 0 Å². The number of thiazole rings is 1. The summed E-state index contributed by atoms with van der Waals surface area (Å²) in [6, 6.07) is 0. The molecule has 0 radical (unpaired) electrons. The zero-order chi connectivity index (χ0) is 12.0. The number of unbranched alkanes of at least 4 members (excludes halogenated alkanes) is 2. The fourth-order valence-electron chi connectivity index (χ4n) is 0.970. The van der Waals surface area contributed by atoms with E-state index in [0.717, 1.165) is 19.0 Å². The van der Waals surface area contributed by atoms with Crippen LogP contribution in [0.25, 0.3) is 0 Å². The van der Waals surface area contributed by atoms with E-state index in [-0.39, 0.29) is 0 Å². The standard InChI is InChI=1S/C10H11F3N2S/c11-10(12,13)9-15-7-8(16-9)5-3-1-2-4-6-14/h7H,1-2,4,6,14H2. The van der Waals surface area contributed by atoms with Crippen LogP contribution in [0.1, 0.15) is 29.1 Å². The lowest BCUT2D eigenvalue weighted by Crippen LogP contribution is -2.02. The lowest BCUT2D eigenvalue weighted by molar-refractivity contribution is -0.137. The average molecular weight is 248 g/mol. The van der Waals surface area contributed by atoms with Gasteiger partial charge in [0.2, 0.25) is 0 Å². The van der Waals surface area contributed by atoms with Gasteiger partial charge in [0.05, 0.1) is 11.1 Å². The Kier molecular flexibility index (Phi) is 4.77. The van der Waals surface area contributed by atoms with Crippen LogP contribution in [0.3, 0.4) is 0 Å². The molecular formula is C10H11F3N2S. The summed E-state index contributed by atoms with van der Waals surface area (Å²) in [7, 11) is 0. The van der Waals surface area contributed by atoms with E-state index in [1.165, 1.54) is 0 Å². The van der Waals surface area contributed by atoms with E-state index in [4.69, 9.17) is 5.73 Å². The molecule has 6 heteroatoms. The van der Waals surface area contributed by atoms with Gasteiger partial charge in [-0.25, -0.2) is 4.98 Å². The van der Waals surface area contributed by atoms with Gasteiger partial charge in [0, 0.05) is 6.42 Å². The van der Waals surface area contributed by atoms with E-state index < -0.39 is 11.2 Å². The molecule has 0 unspecified atom stereocenters. The van der Waals surface area contributed by atoms with E-state index in [1.807, 2.05) is 0 Å². The van der Waals surface area contributed by atoms with Crippen LogP contribution in [0.5, 0.6) is 0 Å². The molecule has 0 saturated heterocycles. The third-order valence-electron chi connectivity index (χ3n) is 1.72. The Morgan fingerprint density at radius 1 is 1.38 bits per heavy atom. The van der Waals surface area contributed by atoms with Gasteiger partial charge >= 0.3 is 6.18 Å². The van der Waals surface area contributed by atoms with Crippen molar-refractivity contribution in [2.45, 2.75) is 25.4 Å². The minimum Gasteiger partial charge on any atom is -0.330 e. The summed E-state index contributed by atoms with van der Waals surface area (Å²) >= 11 is 0.569. The third-order valence-corrected chi connectivity index (χ3v) is 2.67. The molecule has 0 aliphatic rings. The summed E-state index contributed by atoms with van der Waals surface area (Å²) in [6.45, 7) is 0.612. The normalized spacial score (nSPS) is 11.0. The summed E-state index contributed by atoms with van der Waals surface area (Å²) in [5.41, 5.74) is 5.29. The molecule has 0 atom stereocenters. The highest BCUT2D eigenvalue weighted by atomic mass is 32.1. The number of aromatic nitrogens is 1. The molecule has 2 N–H and O–H groups in total. The van der Waals surface area contributed by atoms with Crippen LogP contribution in [0.15, 0.2) is 6.20 Å². The second-order valence-corrected chi connectivity index (χ2v) is 4.11. The van der Waals surface area contributed by atoms with Crippen molar-refractivity contribution >= 4 is 11.3 Å². The van der Waals surface area contributed by atoms with Crippen molar-refractivity contribution in [3.8, 4) is 11.8 Å². The monoisotopic (exact) mass is 248 g/mol. The molecule has 0 amide bonds. The predicted octanol–water partition coefficient (Wildman–Crippen LogP) is 2.64. The molecule has 1 aromatic heterocycles. The molecule has 0 aliphatic heterocycles. The number of nitrogens with zero attached hydrogens (tertiary/aromatic N) is 1. The van der Waals surface area contributed by atoms with Crippen LogP contribution >= 0.6 is 11.3 Å². The molecule has 1 heterocycles. The lowest BCUT2D eigenvalue weighted by atomic mass is 10.2. The summed E-state index contributed by atoms with van der Waals surface area (Å²) in [4.78, 5) is 3.62. The summed E-state index contributed by atoms with van der Waals surface area (Å²) in [6.07, 6.45) is -0.816. The lowest BCUT2D eigenvalue weighted by Gasteiger charge is -1.98. The minimum atomic E-state index is -4.37. The molecule has 1 rings (SSSR count). The zero-order valence-electron chi connectivity index (χ0n) is 8.47. The Morgan fingerprint density at radius 2 is 2.12 bits per heavy atom. The van der Waals surface area contributed by atoms with Crippen molar-refractivity contribution in [2.75, 3.05) is 6.54 Å². The minimum absolute atomic E-state index is 0.347. The van der Waals surface area contributed by atoms with Crippen LogP contribution in [-0.2, 0) is 6.18 Å². The van der Waals surface area contributed by atoms with Crippen molar-refractivity contribution in [2.24, 2.45) is 5.73 Å². The van der Waals surface area contributed by atoms with Crippen LogP contribution in [0, 0.1) is 11.8 Å². The Morgan fingerprint density at radius 3 is 2.69 bits per heavy atom. The molecule has 88 valence electrons. The van der Waals surface area contributed by atoms with Gasteiger partial charge in [-0.15, -0.1) is 11.3 Å². The highest BCUT2D eigenvalue weighted by molar-refractivity contribution is 7.12.